The van der Waals surface area contributed by atoms with Crippen molar-refractivity contribution < 1.29 is 14.5 Å². The van der Waals surface area contributed by atoms with Gasteiger partial charge in [-0.05, 0) is 36.5 Å². The molecule has 0 aliphatic carbocycles. The molecule has 2 amide bonds. The third-order valence-electron chi connectivity index (χ3n) is 4.11. The van der Waals surface area contributed by atoms with Crippen molar-refractivity contribution in [3.63, 3.8) is 0 Å². The molecule has 1 fully saturated rings. The van der Waals surface area contributed by atoms with Gasteiger partial charge in [-0.1, -0.05) is 24.4 Å². The van der Waals surface area contributed by atoms with Crippen molar-refractivity contribution >= 4 is 53.1 Å². The first-order chi connectivity index (χ1) is 13.8. The highest BCUT2D eigenvalue weighted by Crippen LogP contribution is 2.19. The van der Waals surface area contributed by atoms with Crippen LogP contribution in [0.5, 0.6) is 0 Å². The second-order valence-corrected chi connectivity index (χ2v) is 6.71. The Bertz CT molecular complexity index is 1140. The number of non-ortho nitro benzene ring substituents is 1. The summed E-state index contributed by atoms with van der Waals surface area (Å²) in [6.45, 7) is 3.74. The molecule has 1 saturated heterocycles. The molecule has 1 aliphatic heterocycles. The summed E-state index contributed by atoms with van der Waals surface area (Å²) in [5.41, 5.74) is 0.926. The van der Waals surface area contributed by atoms with E-state index in [0.717, 1.165) is 0 Å². The summed E-state index contributed by atoms with van der Waals surface area (Å²) >= 11 is 10.5. The Labute approximate surface area is 175 Å². The Morgan fingerprint density at radius 2 is 1.86 bits per heavy atom. The van der Waals surface area contributed by atoms with Gasteiger partial charge in [-0.15, -0.1) is 6.58 Å². The van der Waals surface area contributed by atoms with E-state index in [4.69, 9.17) is 24.4 Å². The maximum absolute atomic E-state index is 12.7. The molecule has 29 heavy (non-hydrogen) atoms. The summed E-state index contributed by atoms with van der Waals surface area (Å²) in [5.74, 6) is -1.15. The van der Waals surface area contributed by atoms with Gasteiger partial charge in [0.25, 0.3) is 17.5 Å². The average Bonchev–Trinajstić information content (AvgIpc) is 2.69. The highest BCUT2D eigenvalue weighted by molar-refractivity contribution is 7.80. The van der Waals surface area contributed by atoms with Crippen molar-refractivity contribution in [2.24, 2.45) is 0 Å². The second-order valence-electron chi connectivity index (χ2n) is 5.93. The van der Waals surface area contributed by atoms with E-state index in [-0.39, 0.29) is 22.9 Å². The predicted molar refractivity (Wildman–Crippen MR) is 114 cm³/mol. The zero-order chi connectivity index (χ0) is 21.1. The van der Waals surface area contributed by atoms with Gasteiger partial charge < -0.3 is 4.57 Å². The van der Waals surface area contributed by atoms with Crippen LogP contribution in [0.3, 0.4) is 0 Å². The van der Waals surface area contributed by atoms with Crippen molar-refractivity contribution in [3.05, 3.63) is 81.1 Å². The second kappa shape index (κ2) is 8.25. The Kier molecular flexibility index (Phi) is 5.76. The maximum atomic E-state index is 12.7. The number of hydrogen-bond donors (Lipinski definition) is 1. The Morgan fingerprint density at radius 1 is 1.17 bits per heavy atom. The lowest BCUT2D eigenvalue weighted by atomic mass is 10.1. The van der Waals surface area contributed by atoms with Crippen molar-refractivity contribution in [1.29, 1.82) is 0 Å². The molecule has 3 rings (SSSR count). The number of nitrogens with one attached hydrogen (secondary N) is 1. The van der Waals surface area contributed by atoms with Gasteiger partial charge in [-0.3, -0.25) is 29.9 Å². The van der Waals surface area contributed by atoms with E-state index in [1.807, 2.05) is 0 Å². The van der Waals surface area contributed by atoms with Crippen LogP contribution in [0, 0.1) is 14.8 Å². The van der Waals surface area contributed by atoms with Crippen LogP contribution in [0.25, 0.3) is 11.8 Å². The molecule has 0 bridgehead atoms. The van der Waals surface area contributed by atoms with Crippen LogP contribution in [0.4, 0.5) is 5.69 Å². The van der Waals surface area contributed by atoms with Gasteiger partial charge in [0.05, 0.1) is 4.92 Å². The van der Waals surface area contributed by atoms with Crippen LogP contribution in [0.1, 0.15) is 5.56 Å². The lowest BCUT2D eigenvalue weighted by Crippen LogP contribution is -2.53. The summed E-state index contributed by atoms with van der Waals surface area (Å²) in [6.07, 6.45) is 4.59. The maximum Gasteiger partial charge on any atom is 0.269 e. The number of aromatic nitrogens is 1. The molecule has 1 aliphatic rings. The van der Waals surface area contributed by atoms with Crippen LogP contribution >= 0.6 is 24.4 Å². The van der Waals surface area contributed by atoms with Gasteiger partial charge in [0.2, 0.25) is 0 Å². The molecule has 0 atom stereocenters. The fourth-order valence-electron chi connectivity index (χ4n) is 2.70. The minimum atomic E-state index is -0.611. The number of carbonyl (C=O) groups is 2. The Morgan fingerprint density at radius 3 is 2.48 bits per heavy atom. The molecule has 1 aromatic carbocycles. The van der Waals surface area contributed by atoms with Crippen molar-refractivity contribution in [2.75, 3.05) is 6.54 Å². The van der Waals surface area contributed by atoms with Gasteiger partial charge in [0.15, 0.2) is 5.11 Å². The molecule has 2 heterocycles. The molecule has 0 unspecified atom stereocenters. The van der Waals surface area contributed by atoms with Crippen LogP contribution in [-0.2, 0) is 9.59 Å². The zero-order valence-corrected chi connectivity index (χ0v) is 16.5. The molecule has 8 nitrogen and oxygen atoms in total. The SMILES string of the molecule is C=CCN1C(=O)C(=Cc2cccn(-c3ccc([N+](=O)[O-])cc3)c2=S)C(=O)NC1=S. The number of benzene rings is 1. The minimum Gasteiger partial charge on any atom is -0.308 e. The van der Waals surface area contributed by atoms with Crippen molar-refractivity contribution in [1.82, 2.24) is 14.8 Å². The molecule has 1 aromatic heterocycles. The monoisotopic (exact) mass is 426 g/mol. The number of carbonyl (C=O) groups excluding carboxylic acids is 2. The molecule has 0 spiro atoms. The van der Waals surface area contributed by atoms with Crippen molar-refractivity contribution in [3.8, 4) is 5.69 Å². The first-order valence-corrected chi connectivity index (χ1v) is 9.11. The summed E-state index contributed by atoms with van der Waals surface area (Å²) in [6, 6.07) is 9.23. The van der Waals surface area contributed by atoms with Crippen LogP contribution in [0.2, 0.25) is 0 Å². The third kappa shape index (κ3) is 4.03. The van der Waals surface area contributed by atoms with Gasteiger partial charge in [-0.25, -0.2) is 0 Å². The average molecular weight is 426 g/mol. The molecular weight excluding hydrogens is 412 g/mol. The summed E-state index contributed by atoms with van der Waals surface area (Å²) in [5, 5.41) is 13.3. The molecule has 10 heteroatoms. The molecular formula is C19H14N4O4S2. The number of rotatable bonds is 5. The Hall–Kier alpha value is -3.50. The number of thiocarbonyl (C=S) groups is 1. The van der Waals surface area contributed by atoms with Gasteiger partial charge in [0, 0.05) is 36.1 Å². The minimum absolute atomic E-state index is 0.0182. The van der Waals surface area contributed by atoms with Crippen LogP contribution < -0.4 is 5.32 Å². The smallest absolute Gasteiger partial charge is 0.269 e. The lowest BCUT2D eigenvalue weighted by Gasteiger charge is -2.27. The first-order valence-electron chi connectivity index (χ1n) is 8.29. The highest BCUT2D eigenvalue weighted by Gasteiger charge is 2.32. The molecule has 1 N–H and O–H groups in total. The number of amides is 2. The molecule has 146 valence electrons. The van der Waals surface area contributed by atoms with E-state index >= 15 is 0 Å². The summed E-state index contributed by atoms with van der Waals surface area (Å²) in [4.78, 5) is 36.5. The largest absolute Gasteiger partial charge is 0.308 e. The number of nitro groups is 1. The summed E-state index contributed by atoms with van der Waals surface area (Å²) in [7, 11) is 0. The standard InChI is InChI=1S/C19H14N4O4S2/c1-2-9-22-17(25)15(16(24)20-19(22)29)11-12-4-3-10-21(18(12)28)13-5-7-14(8-6-13)23(26)27/h2-8,10-11H,1,9H2,(H,20,24,29). The van der Waals surface area contributed by atoms with Crippen LogP contribution in [-0.4, -0.2) is 37.9 Å². The number of nitrogens with zero attached hydrogens (tertiary/aromatic N) is 3. The zero-order valence-electron chi connectivity index (χ0n) is 14.9. The number of nitro benzene ring substituents is 1. The third-order valence-corrected chi connectivity index (χ3v) is 4.87. The number of hydrogen-bond acceptors (Lipinski definition) is 6. The normalized spacial score (nSPS) is 15.4. The number of pyridine rings is 1. The molecule has 0 radical (unpaired) electrons. The fraction of sp³-hybridized carbons (Fsp3) is 0.0526. The van der Waals surface area contributed by atoms with Gasteiger partial charge in [0.1, 0.15) is 10.2 Å². The van der Waals surface area contributed by atoms with Crippen molar-refractivity contribution in [2.45, 2.75) is 0 Å². The van der Waals surface area contributed by atoms with E-state index in [1.165, 1.54) is 29.2 Å². The lowest BCUT2D eigenvalue weighted by molar-refractivity contribution is -0.384. The van der Waals surface area contributed by atoms with Gasteiger partial charge in [-0.2, -0.15) is 0 Å². The van der Waals surface area contributed by atoms with E-state index in [9.17, 15) is 19.7 Å². The van der Waals surface area contributed by atoms with E-state index in [1.54, 1.807) is 35.0 Å². The predicted octanol–water partition coefficient (Wildman–Crippen LogP) is 2.93. The molecule has 2 aromatic rings. The summed E-state index contributed by atoms with van der Waals surface area (Å²) < 4.78 is 1.96. The first kappa shape index (κ1) is 20.2. The van der Waals surface area contributed by atoms with Crippen LogP contribution in [0.15, 0.2) is 60.8 Å². The van der Waals surface area contributed by atoms with Gasteiger partial charge >= 0.3 is 0 Å². The molecule has 0 saturated carbocycles. The Balaban J connectivity index is 2.03. The van der Waals surface area contributed by atoms with E-state index < -0.39 is 16.7 Å². The van der Waals surface area contributed by atoms with E-state index in [2.05, 4.69) is 11.9 Å². The quantitative estimate of drug-likeness (QED) is 0.197. The topological polar surface area (TPSA) is 97.5 Å². The van der Waals surface area contributed by atoms with E-state index in [0.29, 0.717) is 15.9 Å². The highest BCUT2D eigenvalue weighted by atomic mass is 32.1. The fourth-order valence-corrected chi connectivity index (χ4v) is 3.25.